The largest absolute Gasteiger partial charge is 0.505 e. The fourth-order valence-corrected chi connectivity index (χ4v) is 1.60. The zero-order chi connectivity index (χ0) is 10.7. The first-order valence-corrected chi connectivity index (χ1v) is 4.93. The maximum atomic E-state index is 11.7. The van der Waals surface area contributed by atoms with Gasteiger partial charge in [-0.15, -0.1) is 0 Å². The summed E-state index contributed by atoms with van der Waals surface area (Å²) in [5, 5.41) is 15.4. The summed E-state index contributed by atoms with van der Waals surface area (Å²) in [7, 11) is 0. The van der Waals surface area contributed by atoms with Gasteiger partial charge < -0.3 is 15.7 Å². The third-order valence-electron chi connectivity index (χ3n) is 2.40. The van der Waals surface area contributed by atoms with Gasteiger partial charge in [-0.05, 0) is 25.1 Å². The van der Waals surface area contributed by atoms with Gasteiger partial charge in [-0.3, -0.25) is 4.79 Å². The number of aromatic nitrogens is 1. The van der Waals surface area contributed by atoms with Gasteiger partial charge in [0, 0.05) is 18.8 Å². The van der Waals surface area contributed by atoms with Crippen LogP contribution in [-0.4, -0.2) is 35.1 Å². The second kappa shape index (κ2) is 4.27. The van der Waals surface area contributed by atoms with Crippen molar-refractivity contribution < 1.29 is 9.90 Å². The average molecular weight is 207 g/mol. The normalized spacial score (nSPS) is 20.1. The number of carbonyl (C=O) groups excluding carboxylic acids is 1. The second-order valence-corrected chi connectivity index (χ2v) is 3.53. The van der Waals surface area contributed by atoms with Gasteiger partial charge in [-0.1, -0.05) is 0 Å². The lowest BCUT2D eigenvalue weighted by Crippen LogP contribution is -2.36. The van der Waals surface area contributed by atoms with E-state index in [4.69, 9.17) is 0 Å². The number of pyridine rings is 1. The number of aromatic hydroxyl groups is 1. The number of amides is 1. The van der Waals surface area contributed by atoms with Crippen LogP contribution in [0.25, 0.3) is 0 Å². The van der Waals surface area contributed by atoms with Crippen molar-refractivity contribution >= 4 is 5.91 Å². The molecule has 0 aliphatic carbocycles. The summed E-state index contributed by atoms with van der Waals surface area (Å²) in [5.74, 6) is -0.400. The summed E-state index contributed by atoms with van der Waals surface area (Å²) >= 11 is 0. The highest BCUT2D eigenvalue weighted by Crippen LogP contribution is 2.12. The van der Waals surface area contributed by atoms with E-state index in [1.807, 2.05) is 0 Å². The molecule has 1 aliphatic rings. The van der Waals surface area contributed by atoms with Gasteiger partial charge in [0.1, 0.15) is 5.75 Å². The Hall–Kier alpha value is -1.62. The Morgan fingerprint density at radius 3 is 3.20 bits per heavy atom. The maximum Gasteiger partial charge on any atom is 0.273 e. The first-order valence-electron chi connectivity index (χ1n) is 4.93. The Bertz CT molecular complexity index is 361. The maximum absolute atomic E-state index is 11.7. The van der Waals surface area contributed by atoms with E-state index >= 15 is 0 Å². The van der Waals surface area contributed by atoms with Gasteiger partial charge in [0.25, 0.3) is 5.91 Å². The van der Waals surface area contributed by atoms with Crippen molar-refractivity contribution in [1.82, 2.24) is 15.6 Å². The van der Waals surface area contributed by atoms with Crippen LogP contribution in [0.3, 0.4) is 0 Å². The minimum absolute atomic E-state index is 0.0824. The van der Waals surface area contributed by atoms with E-state index in [0.717, 1.165) is 19.5 Å². The molecule has 1 fully saturated rings. The monoisotopic (exact) mass is 207 g/mol. The highest BCUT2D eigenvalue weighted by Gasteiger charge is 2.19. The van der Waals surface area contributed by atoms with Gasteiger partial charge in [0.05, 0.1) is 0 Å². The molecule has 0 unspecified atom stereocenters. The summed E-state index contributed by atoms with van der Waals surface area (Å²) in [6, 6.07) is 3.18. The Morgan fingerprint density at radius 1 is 1.67 bits per heavy atom. The molecule has 1 aromatic heterocycles. The number of nitrogens with zero attached hydrogens (tertiary/aromatic N) is 1. The first-order chi connectivity index (χ1) is 7.27. The van der Waals surface area contributed by atoms with Crippen molar-refractivity contribution in [3.8, 4) is 5.75 Å². The molecule has 0 saturated carbocycles. The molecule has 0 radical (unpaired) electrons. The van der Waals surface area contributed by atoms with Crippen LogP contribution in [-0.2, 0) is 0 Å². The van der Waals surface area contributed by atoms with E-state index < -0.39 is 0 Å². The Balaban J connectivity index is 2.04. The second-order valence-electron chi connectivity index (χ2n) is 3.53. The van der Waals surface area contributed by atoms with Gasteiger partial charge in [-0.2, -0.15) is 0 Å². The zero-order valence-corrected chi connectivity index (χ0v) is 8.23. The molecule has 0 spiro atoms. The van der Waals surface area contributed by atoms with E-state index in [-0.39, 0.29) is 23.4 Å². The van der Waals surface area contributed by atoms with E-state index in [9.17, 15) is 9.90 Å². The summed E-state index contributed by atoms with van der Waals surface area (Å²) < 4.78 is 0. The molecule has 2 rings (SSSR count). The summed E-state index contributed by atoms with van der Waals surface area (Å²) in [6.45, 7) is 1.69. The molecule has 1 saturated heterocycles. The molecule has 1 aliphatic heterocycles. The molecule has 0 bridgehead atoms. The molecule has 80 valence electrons. The van der Waals surface area contributed by atoms with E-state index in [2.05, 4.69) is 15.6 Å². The highest BCUT2D eigenvalue weighted by molar-refractivity contribution is 5.94. The Labute approximate surface area is 87.5 Å². The predicted octanol–water partition coefficient (Wildman–Crippen LogP) is -0.121. The van der Waals surface area contributed by atoms with Crippen LogP contribution >= 0.6 is 0 Å². The standard InChI is InChI=1S/C10H13N3O2/c14-8-2-1-4-12-9(8)10(15)13-7-3-5-11-6-7/h1-2,4,7,11,14H,3,5-6H2,(H,13,15)/t7-/m0/s1. The van der Waals surface area contributed by atoms with E-state index in [1.54, 1.807) is 6.07 Å². The van der Waals surface area contributed by atoms with Crippen LogP contribution < -0.4 is 10.6 Å². The number of nitrogens with one attached hydrogen (secondary N) is 2. The first kappa shape index (κ1) is 9.92. The molecule has 2 heterocycles. The summed E-state index contributed by atoms with van der Waals surface area (Å²) in [4.78, 5) is 15.5. The van der Waals surface area contributed by atoms with Crippen LogP contribution in [0, 0.1) is 0 Å². The lowest BCUT2D eigenvalue weighted by molar-refractivity contribution is 0.0932. The van der Waals surface area contributed by atoms with Gasteiger partial charge >= 0.3 is 0 Å². The summed E-state index contributed by atoms with van der Waals surface area (Å²) in [6.07, 6.45) is 2.40. The third kappa shape index (κ3) is 2.24. The van der Waals surface area contributed by atoms with Crippen LogP contribution in [0.2, 0.25) is 0 Å². The van der Waals surface area contributed by atoms with Crippen LogP contribution in [0.4, 0.5) is 0 Å². The molecule has 5 nitrogen and oxygen atoms in total. The van der Waals surface area contributed by atoms with Crippen molar-refractivity contribution in [3.63, 3.8) is 0 Å². The number of carbonyl (C=O) groups is 1. The van der Waals surface area contributed by atoms with Crippen molar-refractivity contribution in [3.05, 3.63) is 24.0 Å². The average Bonchev–Trinajstić information content (AvgIpc) is 2.71. The quantitative estimate of drug-likeness (QED) is 0.632. The molecular formula is C10H13N3O2. The zero-order valence-electron chi connectivity index (χ0n) is 8.23. The number of hydrogen-bond donors (Lipinski definition) is 3. The van der Waals surface area contributed by atoms with Gasteiger partial charge in [-0.25, -0.2) is 4.98 Å². The molecule has 0 aromatic carbocycles. The molecule has 1 aromatic rings. The molecule has 3 N–H and O–H groups in total. The minimum atomic E-state index is -0.318. The van der Waals surface area contributed by atoms with Crippen molar-refractivity contribution in [2.45, 2.75) is 12.5 Å². The fourth-order valence-electron chi connectivity index (χ4n) is 1.60. The Kier molecular flexibility index (Phi) is 2.82. The van der Waals surface area contributed by atoms with Crippen LogP contribution in [0.1, 0.15) is 16.9 Å². The lowest BCUT2D eigenvalue weighted by atomic mass is 10.2. The number of hydrogen-bond acceptors (Lipinski definition) is 4. The number of rotatable bonds is 2. The Morgan fingerprint density at radius 2 is 2.53 bits per heavy atom. The van der Waals surface area contributed by atoms with Crippen LogP contribution in [0.15, 0.2) is 18.3 Å². The minimum Gasteiger partial charge on any atom is -0.505 e. The smallest absolute Gasteiger partial charge is 0.273 e. The SMILES string of the molecule is O=C(N[C@H]1CCNC1)c1ncccc1O. The summed E-state index contributed by atoms with van der Waals surface area (Å²) in [5.41, 5.74) is 0.0874. The lowest BCUT2D eigenvalue weighted by Gasteiger charge is -2.10. The molecular weight excluding hydrogens is 194 g/mol. The van der Waals surface area contributed by atoms with E-state index in [1.165, 1.54) is 12.3 Å². The van der Waals surface area contributed by atoms with Crippen molar-refractivity contribution in [2.75, 3.05) is 13.1 Å². The van der Waals surface area contributed by atoms with Gasteiger partial charge in [0.15, 0.2) is 5.69 Å². The highest BCUT2D eigenvalue weighted by atomic mass is 16.3. The molecule has 5 heteroatoms. The topological polar surface area (TPSA) is 74.2 Å². The van der Waals surface area contributed by atoms with Gasteiger partial charge in [0.2, 0.25) is 0 Å². The molecule has 1 amide bonds. The molecule has 1 atom stereocenters. The van der Waals surface area contributed by atoms with Crippen molar-refractivity contribution in [2.24, 2.45) is 0 Å². The fraction of sp³-hybridized carbons (Fsp3) is 0.400. The molecule has 15 heavy (non-hydrogen) atoms. The third-order valence-corrected chi connectivity index (χ3v) is 2.40. The van der Waals surface area contributed by atoms with Crippen molar-refractivity contribution in [1.29, 1.82) is 0 Å². The van der Waals surface area contributed by atoms with E-state index in [0.29, 0.717) is 0 Å². The predicted molar refractivity (Wildman–Crippen MR) is 54.6 cm³/mol. The van der Waals surface area contributed by atoms with Crippen LogP contribution in [0.5, 0.6) is 5.75 Å².